The van der Waals surface area contributed by atoms with E-state index in [2.05, 4.69) is 39.5 Å². The van der Waals surface area contributed by atoms with Crippen LogP contribution in [-0.4, -0.2) is 53.4 Å². The number of aryl methyl sites for hydroxylation is 1. The molecule has 1 aliphatic rings. The molecular weight excluding hydrogens is 276 g/mol. The smallest absolute Gasteiger partial charge is 0.191 e. The molecule has 1 aliphatic heterocycles. The molecule has 2 N–H and O–H groups in total. The summed E-state index contributed by atoms with van der Waals surface area (Å²) in [5, 5.41) is 11.0. The summed E-state index contributed by atoms with van der Waals surface area (Å²) in [6, 6.07) is 2.01. The van der Waals surface area contributed by atoms with E-state index in [1.807, 2.05) is 24.0 Å². The average Bonchev–Trinajstić information content (AvgIpc) is 2.95. The molecule has 0 aromatic carbocycles. The second-order valence-electron chi connectivity index (χ2n) is 5.92. The highest BCUT2D eigenvalue weighted by molar-refractivity contribution is 5.79. The Labute approximate surface area is 134 Å². The van der Waals surface area contributed by atoms with Crippen molar-refractivity contribution in [3.05, 3.63) is 18.0 Å². The number of guanidine groups is 1. The number of likely N-dealkylation sites (tertiary alicyclic amines) is 1. The topological polar surface area (TPSA) is 57.5 Å². The van der Waals surface area contributed by atoms with Gasteiger partial charge in [-0.2, -0.15) is 5.10 Å². The first kappa shape index (κ1) is 16.8. The molecule has 6 nitrogen and oxygen atoms in total. The minimum absolute atomic E-state index is 0.650. The van der Waals surface area contributed by atoms with E-state index in [-0.39, 0.29) is 0 Å². The Morgan fingerprint density at radius 1 is 1.41 bits per heavy atom. The van der Waals surface area contributed by atoms with E-state index >= 15 is 0 Å². The lowest BCUT2D eigenvalue weighted by molar-refractivity contribution is 0.183. The van der Waals surface area contributed by atoms with Crippen LogP contribution in [0.1, 0.15) is 32.4 Å². The van der Waals surface area contributed by atoms with Gasteiger partial charge in [0.15, 0.2) is 5.96 Å². The van der Waals surface area contributed by atoms with Gasteiger partial charge in [-0.25, -0.2) is 4.99 Å². The van der Waals surface area contributed by atoms with Crippen molar-refractivity contribution < 1.29 is 0 Å². The Bertz CT molecular complexity index is 467. The van der Waals surface area contributed by atoms with Crippen molar-refractivity contribution in [2.24, 2.45) is 18.0 Å². The Morgan fingerprint density at radius 2 is 2.27 bits per heavy atom. The van der Waals surface area contributed by atoms with Crippen LogP contribution in [0, 0.1) is 5.92 Å². The third-order valence-corrected chi connectivity index (χ3v) is 4.27. The summed E-state index contributed by atoms with van der Waals surface area (Å²) in [6.45, 7) is 10.5. The van der Waals surface area contributed by atoms with Crippen LogP contribution in [0.25, 0.3) is 0 Å². The molecule has 1 atom stereocenters. The largest absolute Gasteiger partial charge is 0.357 e. The molecule has 0 spiro atoms. The van der Waals surface area contributed by atoms with Crippen LogP contribution in [0.15, 0.2) is 17.3 Å². The molecule has 1 aromatic heterocycles. The first-order chi connectivity index (χ1) is 10.7. The second-order valence-corrected chi connectivity index (χ2v) is 5.92. The van der Waals surface area contributed by atoms with Gasteiger partial charge in [-0.15, -0.1) is 0 Å². The van der Waals surface area contributed by atoms with Crippen LogP contribution in [0.3, 0.4) is 0 Å². The Balaban J connectivity index is 1.84. The zero-order valence-electron chi connectivity index (χ0n) is 14.2. The number of aromatic nitrogens is 2. The van der Waals surface area contributed by atoms with Gasteiger partial charge >= 0.3 is 0 Å². The molecular formula is C16H30N6. The SMILES string of the molecule is CCNC(=NCc1ccnn1C)NCC1CCCN(CC)C1. The maximum Gasteiger partial charge on any atom is 0.191 e. The van der Waals surface area contributed by atoms with Crippen LogP contribution in [0.5, 0.6) is 0 Å². The summed E-state index contributed by atoms with van der Waals surface area (Å²) in [5.41, 5.74) is 1.12. The van der Waals surface area contributed by atoms with Crippen molar-refractivity contribution in [2.45, 2.75) is 33.2 Å². The number of rotatable bonds is 6. The van der Waals surface area contributed by atoms with Crippen molar-refractivity contribution in [1.29, 1.82) is 0 Å². The summed E-state index contributed by atoms with van der Waals surface area (Å²) < 4.78 is 1.87. The fourth-order valence-electron chi connectivity index (χ4n) is 2.90. The van der Waals surface area contributed by atoms with E-state index in [9.17, 15) is 0 Å². The lowest BCUT2D eigenvalue weighted by atomic mass is 9.98. The number of aliphatic imine (C=N–C) groups is 1. The molecule has 1 unspecified atom stereocenters. The van der Waals surface area contributed by atoms with Crippen molar-refractivity contribution in [3.8, 4) is 0 Å². The molecule has 0 radical (unpaired) electrons. The van der Waals surface area contributed by atoms with E-state index < -0.39 is 0 Å². The highest BCUT2D eigenvalue weighted by Gasteiger charge is 2.18. The molecule has 6 heteroatoms. The zero-order valence-corrected chi connectivity index (χ0v) is 14.2. The van der Waals surface area contributed by atoms with Gasteiger partial charge < -0.3 is 15.5 Å². The van der Waals surface area contributed by atoms with E-state index in [0.29, 0.717) is 12.5 Å². The van der Waals surface area contributed by atoms with Gasteiger partial charge in [0.25, 0.3) is 0 Å². The van der Waals surface area contributed by atoms with Crippen molar-refractivity contribution in [3.63, 3.8) is 0 Å². The minimum Gasteiger partial charge on any atom is -0.357 e. The molecule has 0 aliphatic carbocycles. The molecule has 2 rings (SSSR count). The van der Waals surface area contributed by atoms with Gasteiger partial charge in [-0.1, -0.05) is 6.92 Å². The van der Waals surface area contributed by atoms with E-state index in [4.69, 9.17) is 0 Å². The maximum absolute atomic E-state index is 4.66. The van der Waals surface area contributed by atoms with Crippen LogP contribution in [0.2, 0.25) is 0 Å². The van der Waals surface area contributed by atoms with Gasteiger partial charge in [-0.3, -0.25) is 4.68 Å². The predicted molar refractivity (Wildman–Crippen MR) is 90.9 cm³/mol. The standard InChI is InChI=1S/C16H30N6/c1-4-17-16(19-12-15-8-9-20-21(15)3)18-11-14-7-6-10-22(5-2)13-14/h8-9,14H,4-7,10-13H2,1-3H3,(H2,17,18,19). The zero-order chi connectivity index (χ0) is 15.8. The predicted octanol–water partition coefficient (Wildman–Crippen LogP) is 1.21. The quantitative estimate of drug-likeness (QED) is 0.613. The molecule has 2 heterocycles. The monoisotopic (exact) mass is 306 g/mol. The van der Waals surface area contributed by atoms with Crippen LogP contribution < -0.4 is 10.6 Å². The van der Waals surface area contributed by atoms with Crippen molar-refractivity contribution >= 4 is 5.96 Å². The Morgan fingerprint density at radius 3 is 2.95 bits per heavy atom. The second kappa shape index (κ2) is 8.78. The first-order valence-electron chi connectivity index (χ1n) is 8.44. The molecule has 1 aromatic rings. The normalized spacial score (nSPS) is 20.1. The lowest BCUT2D eigenvalue weighted by Gasteiger charge is -2.32. The first-order valence-corrected chi connectivity index (χ1v) is 8.44. The van der Waals surface area contributed by atoms with Gasteiger partial charge in [-0.05, 0) is 44.8 Å². The Hall–Kier alpha value is -1.56. The lowest BCUT2D eigenvalue weighted by Crippen LogP contribution is -2.44. The highest BCUT2D eigenvalue weighted by atomic mass is 15.3. The van der Waals surface area contributed by atoms with E-state index in [1.54, 1.807) is 0 Å². The summed E-state index contributed by atoms with van der Waals surface area (Å²) in [6.07, 6.45) is 4.43. The molecule has 1 fully saturated rings. The summed E-state index contributed by atoms with van der Waals surface area (Å²) in [7, 11) is 1.95. The molecule has 0 bridgehead atoms. The van der Waals surface area contributed by atoms with Gasteiger partial charge in [0.1, 0.15) is 0 Å². The molecule has 22 heavy (non-hydrogen) atoms. The molecule has 0 saturated carbocycles. The third-order valence-electron chi connectivity index (χ3n) is 4.27. The molecule has 1 saturated heterocycles. The van der Waals surface area contributed by atoms with Gasteiger partial charge in [0, 0.05) is 32.9 Å². The summed E-state index contributed by atoms with van der Waals surface area (Å²) >= 11 is 0. The van der Waals surface area contributed by atoms with Gasteiger partial charge in [0.2, 0.25) is 0 Å². The van der Waals surface area contributed by atoms with Gasteiger partial charge in [0.05, 0.1) is 12.2 Å². The number of nitrogens with zero attached hydrogens (tertiary/aromatic N) is 4. The van der Waals surface area contributed by atoms with Crippen LogP contribution in [-0.2, 0) is 13.6 Å². The highest BCUT2D eigenvalue weighted by Crippen LogP contribution is 2.15. The van der Waals surface area contributed by atoms with E-state index in [1.165, 1.54) is 25.9 Å². The minimum atomic E-state index is 0.650. The average molecular weight is 306 g/mol. The van der Waals surface area contributed by atoms with Crippen molar-refractivity contribution in [2.75, 3.05) is 32.7 Å². The van der Waals surface area contributed by atoms with Crippen molar-refractivity contribution in [1.82, 2.24) is 25.3 Å². The van der Waals surface area contributed by atoms with Crippen LogP contribution in [0.4, 0.5) is 0 Å². The molecule has 0 amide bonds. The maximum atomic E-state index is 4.66. The number of hydrogen-bond donors (Lipinski definition) is 2. The number of piperidine rings is 1. The fraction of sp³-hybridized carbons (Fsp3) is 0.750. The Kier molecular flexibility index (Phi) is 6.71. The third kappa shape index (κ3) is 5.02. The number of nitrogens with one attached hydrogen (secondary N) is 2. The summed E-state index contributed by atoms with van der Waals surface area (Å²) in [5.74, 6) is 1.62. The number of hydrogen-bond acceptors (Lipinski definition) is 3. The van der Waals surface area contributed by atoms with E-state index in [0.717, 1.165) is 31.3 Å². The summed E-state index contributed by atoms with van der Waals surface area (Å²) in [4.78, 5) is 7.20. The molecule has 124 valence electrons. The van der Waals surface area contributed by atoms with Crippen LogP contribution >= 0.6 is 0 Å². The fourth-order valence-corrected chi connectivity index (χ4v) is 2.90.